The van der Waals surface area contributed by atoms with Gasteiger partial charge in [-0.05, 0) is 55.3 Å². The fourth-order valence-corrected chi connectivity index (χ4v) is 4.96. The minimum absolute atomic E-state index is 0.0639. The van der Waals surface area contributed by atoms with Crippen LogP contribution in [-0.2, 0) is 14.8 Å². The second-order valence-corrected chi connectivity index (χ2v) is 9.24. The van der Waals surface area contributed by atoms with Gasteiger partial charge in [-0.15, -0.1) is 0 Å². The minimum atomic E-state index is -3.67. The van der Waals surface area contributed by atoms with E-state index >= 15 is 0 Å². The first-order valence-corrected chi connectivity index (χ1v) is 11.5. The number of ether oxygens (including phenoxy) is 1. The predicted octanol–water partition coefficient (Wildman–Crippen LogP) is 3.61. The highest BCUT2D eigenvalue weighted by Crippen LogP contribution is 2.30. The highest BCUT2D eigenvalue weighted by atomic mass is 32.2. The Kier molecular flexibility index (Phi) is 7.40. The molecule has 7 nitrogen and oxygen atoms in total. The average molecular weight is 449 g/mol. The van der Waals surface area contributed by atoms with Crippen molar-refractivity contribution in [3.05, 3.63) is 53.8 Å². The van der Waals surface area contributed by atoms with Crippen molar-refractivity contribution in [1.82, 2.24) is 4.31 Å². The van der Waals surface area contributed by atoms with Crippen LogP contribution in [0.1, 0.15) is 42.5 Å². The lowest BCUT2D eigenvalue weighted by atomic mass is 10.1. The van der Waals surface area contributed by atoms with E-state index in [2.05, 4.69) is 5.32 Å². The maximum atomic E-state index is 13.0. The Labute approximate surface area is 181 Å². The SMILES string of the molecule is COc1ccc(S(=O)(=O)N2CCCCC2)cc1NC(=O)CCC(=O)c1ccc(F)cc1. The molecule has 0 aliphatic carbocycles. The highest BCUT2D eigenvalue weighted by molar-refractivity contribution is 7.89. The lowest BCUT2D eigenvalue weighted by Crippen LogP contribution is -2.35. The number of amides is 1. The molecule has 166 valence electrons. The molecule has 1 heterocycles. The third kappa shape index (κ3) is 5.68. The molecule has 1 aliphatic rings. The molecule has 31 heavy (non-hydrogen) atoms. The topological polar surface area (TPSA) is 92.8 Å². The van der Waals surface area contributed by atoms with E-state index in [1.807, 2.05) is 0 Å². The molecule has 0 radical (unpaired) electrons. The van der Waals surface area contributed by atoms with Crippen LogP contribution in [0.15, 0.2) is 47.4 Å². The van der Waals surface area contributed by atoms with Gasteiger partial charge in [-0.25, -0.2) is 12.8 Å². The summed E-state index contributed by atoms with van der Waals surface area (Å²) in [4.78, 5) is 24.7. The summed E-state index contributed by atoms with van der Waals surface area (Å²) in [5.74, 6) is -0.874. The van der Waals surface area contributed by atoms with E-state index in [1.165, 1.54) is 53.9 Å². The number of nitrogens with one attached hydrogen (secondary N) is 1. The van der Waals surface area contributed by atoms with Crippen LogP contribution in [0.25, 0.3) is 0 Å². The number of Topliss-reactive ketones (excluding diaryl/α,β-unsaturated/α-hetero) is 1. The van der Waals surface area contributed by atoms with E-state index in [1.54, 1.807) is 0 Å². The van der Waals surface area contributed by atoms with Gasteiger partial charge in [0.05, 0.1) is 17.7 Å². The Bertz CT molecular complexity index is 1050. The molecule has 9 heteroatoms. The Morgan fingerprint density at radius 3 is 2.35 bits per heavy atom. The number of carbonyl (C=O) groups is 2. The number of anilines is 1. The standard InChI is InChI=1S/C22H25FN2O5S/c1-30-21-11-9-18(31(28,29)25-13-3-2-4-14-25)15-19(21)24-22(27)12-10-20(26)16-5-7-17(23)8-6-16/h5-9,11,15H,2-4,10,12-14H2,1H3,(H,24,27). The smallest absolute Gasteiger partial charge is 0.243 e. The lowest BCUT2D eigenvalue weighted by molar-refractivity contribution is -0.116. The van der Waals surface area contributed by atoms with E-state index in [9.17, 15) is 22.4 Å². The van der Waals surface area contributed by atoms with Gasteiger partial charge in [-0.1, -0.05) is 6.42 Å². The quantitative estimate of drug-likeness (QED) is 0.623. The predicted molar refractivity (Wildman–Crippen MR) is 114 cm³/mol. The zero-order valence-corrected chi connectivity index (χ0v) is 18.1. The first-order chi connectivity index (χ1) is 14.8. The maximum Gasteiger partial charge on any atom is 0.243 e. The number of halogens is 1. The fourth-order valence-electron chi connectivity index (χ4n) is 3.42. The van der Waals surface area contributed by atoms with Crippen LogP contribution in [0.2, 0.25) is 0 Å². The number of hydrogen-bond acceptors (Lipinski definition) is 5. The van der Waals surface area contributed by atoms with Crippen molar-refractivity contribution in [2.45, 2.75) is 37.0 Å². The summed E-state index contributed by atoms with van der Waals surface area (Å²) >= 11 is 0. The zero-order chi connectivity index (χ0) is 22.4. The van der Waals surface area contributed by atoms with Gasteiger partial charge in [-0.2, -0.15) is 4.31 Å². The summed E-state index contributed by atoms with van der Waals surface area (Å²) < 4.78 is 45.5. The van der Waals surface area contributed by atoms with Crippen LogP contribution in [0.3, 0.4) is 0 Å². The van der Waals surface area contributed by atoms with Crippen molar-refractivity contribution in [3.8, 4) is 5.75 Å². The highest BCUT2D eigenvalue weighted by Gasteiger charge is 2.27. The van der Waals surface area contributed by atoms with Crippen LogP contribution in [0, 0.1) is 5.82 Å². The van der Waals surface area contributed by atoms with Crippen LogP contribution in [-0.4, -0.2) is 44.6 Å². The summed E-state index contributed by atoms with van der Waals surface area (Å²) in [6.07, 6.45) is 2.47. The van der Waals surface area contributed by atoms with E-state index in [4.69, 9.17) is 4.74 Å². The van der Waals surface area contributed by atoms with E-state index in [-0.39, 0.29) is 29.2 Å². The normalized spacial score (nSPS) is 14.8. The molecule has 0 saturated carbocycles. The Hall–Kier alpha value is -2.78. The number of sulfonamides is 1. The number of ketones is 1. The Morgan fingerprint density at radius 2 is 1.71 bits per heavy atom. The van der Waals surface area contributed by atoms with Gasteiger partial charge in [0, 0.05) is 31.5 Å². The van der Waals surface area contributed by atoms with Crippen molar-refractivity contribution in [1.29, 1.82) is 0 Å². The van der Waals surface area contributed by atoms with Crippen LogP contribution >= 0.6 is 0 Å². The van der Waals surface area contributed by atoms with E-state index < -0.39 is 21.7 Å². The molecule has 1 saturated heterocycles. The molecule has 2 aromatic rings. The van der Waals surface area contributed by atoms with Gasteiger partial charge in [0.25, 0.3) is 0 Å². The van der Waals surface area contributed by atoms with Crippen LogP contribution in [0.4, 0.5) is 10.1 Å². The molecule has 0 bridgehead atoms. The first-order valence-electron chi connectivity index (χ1n) is 10.1. The monoisotopic (exact) mass is 448 g/mol. The molecule has 0 spiro atoms. The molecule has 1 fully saturated rings. The van der Waals surface area contributed by atoms with Gasteiger partial charge in [-0.3, -0.25) is 9.59 Å². The molecule has 0 aromatic heterocycles. The van der Waals surface area contributed by atoms with Gasteiger partial charge < -0.3 is 10.1 Å². The van der Waals surface area contributed by atoms with Crippen molar-refractivity contribution in [2.24, 2.45) is 0 Å². The first kappa shape index (κ1) is 22.9. The molecular weight excluding hydrogens is 423 g/mol. The van der Waals surface area contributed by atoms with E-state index in [0.717, 1.165) is 19.3 Å². The van der Waals surface area contributed by atoms with Gasteiger partial charge in [0.1, 0.15) is 11.6 Å². The minimum Gasteiger partial charge on any atom is -0.495 e. The number of nitrogens with zero attached hydrogens (tertiary/aromatic N) is 1. The third-order valence-corrected chi connectivity index (χ3v) is 7.04. The van der Waals surface area contributed by atoms with Crippen LogP contribution in [0.5, 0.6) is 5.75 Å². The Balaban J connectivity index is 1.69. The summed E-state index contributed by atoms with van der Waals surface area (Å²) in [6.45, 7) is 0.948. The molecule has 0 atom stereocenters. The lowest BCUT2D eigenvalue weighted by Gasteiger charge is -2.26. The summed E-state index contributed by atoms with van der Waals surface area (Å²) in [6, 6.07) is 9.44. The molecule has 3 rings (SSSR count). The molecule has 2 aromatic carbocycles. The number of hydrogen-bond donors (Lipinski definition) is 1. The second-order valence-electron chi connectivity index (χ2n) is 7.31. The van der Waals surface area contributed by atoms with Crippen molar-refractivity contribution in [2.75, 3.05) is 25.5 Å². The van der Waals surface area contributed by atoms with Crippen molar-refractivity contribution in [3.63, 3.8) is 0 Å². The third-order valence-electron chi connectivity index (χ3n) is 5.14. The zero-order valence-electron chi connectivity index (χ0n) is 17.3. The number of piperidine rings is 1. The number of rotatable bonds is 8. The molecule has 1 amide bonds. The largest absolute Gasteiger partial charge is 0.495 e. The summed E-state index contributed by atoms with van der Waals surface area (Å²) in [7, 11) is -2.25. The Morgan fingerprint density at radius 1 is 1.03 bits per heavy atom. The van der Waals surface area contributed by atoms with Gasteiger partial charge >= 0.3 is 0 Å². The molecular formula is C22H25FN2O5S. The second kappa shape index (κ2) is 10.0. The summed E-state index contributed by atoms with van der Waals surface area (Å²) in [5.41, 5.74) is 0.543. The molecule has 1 N–H and O–H groups in total. The number of benzene rings is 2. The molecule has 1 aliphatic heterocycles. The van der Waals surface area contributed by atoms with Crippen LogP contribution < -0.4 is 10.1 Å². The molecule has 0 unspecified atom stereocenters. The number of methoxy groups -OCH3 is 1. The van der Waals surface area contributed by atoms with Gasteiger partial charge in [0.2, 0.25) is 15.9 Å². The number of carbonyl (C=O) groups excluding carboxylic acids is 2. The van der Waals surface area contributed by atoms with Crippen molar-refractivity contribution >= 4 is 27.4 Å². The van der Waals surface area contributed by atoms with Crippen molar-refractivity contribution < 1.29 is 27.1 Å². The fraction of sp³-hybridized carbons (Fsp3) is 0.364. The van der Waals surface area contributed by atoms with E-state index in [0.29, 0.717) is 24.4 Å². The summed E-state index contributed by atoms with van der Waals surface area (Å²) in [5, 5.41) is 2.63. The maximum absolute atomic E-state index is 13.0. The average Bonchev–Trinajstić information content (AvgIpc) is 2.78. The van der Waals surface area contributed by atoms with Gasteiger partial charge in [0.15, 0.2) is 5.78 Å².